The summed E-state index contributed by atoms with van der Waals surface area (Å²) >= 11 is 0.857. The number of carbonyl (C=O) groups excluding carboxylic acids is 1. The molecule has 0 saturated carbocycles. The Morgan fingerprint density at radius 1 is 1.02 bits per heavy atom. The van der Waals surface area contributed by atoms with Crippen molar-refractivity contribution < 1.29 is 37.4 Å². The zero-order valence-electron chi connectivity index (χ0n) is 37.4. The molecular weight excluding hydrogens is 640 g/mol. The minimum atomic E-state index is -4.69. The first-order valence-electron chi connectivity index (χ1n) is 20.5. The number of thioether (sulfide) groups is 1. The maximum Gasteiger partial charge on any atom is 0.416 e. The highest BCUT2D eigenvalue weighted by Gasteiger charge is 2.30. The van der Waals surface area contributed by atoms with Gasteiger partial charge in [-0.25, -0.2) is 4.39 Å². The third kappa shape index (κ3) is 8.54. The molecule has 3 aromatic carbocycles. The summed E-state index contributed by atoms with van der Waals surface area (Å²) < 4.78 is 152. The van der Waals surface area contributed by atoms with Crippen molar-refractivity contribution in [3.8, 4) is 11.1 Å². The normalized spacial score (nSPS) is 17.4. The van der Waals surface area contributed by atoms with Crippen LogP contribution in [-0.4, -0.2) is 51.3 Å². The number of alkyl halides is 3. The lowest BCUT2D eigenvalue weighted by atomic mass is 9.98. The first-order valence-corrected chi connectivity index (χ1v) is 16.0. The summed E-state index contributed by atoms with van der Waals surface area (Å²) in [5, 5.41) is -0.268. The van der Waals surface area contributed by atoms with Crippen LogP contribution in [0.4, 0.5) is 17.6 Å². The Kier molecular flexibility index (Phi) is 7.56. The Balaban J connectivity index is 1.69. The molecule has 6 nitrogen and oxygen atoms in total. The topological polar surface area (TPSA) is 58.4 Å². The molecule has 0 radical (unpaired) electrons. The second-order valence-corrected chi connectivity index (χ2v) is 11.8. The van der Waals surface area contributed by atoms with Crippen molar-refractivity contribution in [2.75, 3.05) is 26.1 Å². The number of rotatable bonds is 13. The molecule has 0 atom stereocenters. The van der Waals surface area contributed by atoms with E-state index in [0.29, 0.717) is 21.8 Å². The molecule has 1 amide bonds. The molecule has 5 rings (SSSR count). The number of fused-ring (bicyclic) bond motifs is 1. The van der Waals surface area contributed by atoms with Crippen molar-refractivity contribution in [3.63, 3.8) is 0 Å². The standard InChI is InChI=1S/C37H40F4N4O2S/c1-4-43(5-2)19-20-44(22-29-12-11-28(21-25(29)3)27-13-15-30(16-14-27)37(39,40)41)34(46)23-45-33-8-6-7-32(33)35(47)42-36(45)48-24-26-9-17-31(38)18-10-26/h9-18,21H,4-8,19-20,22-24H2,1-3H3/i4D2,5D2,11D,12D,21D,22D2,23D2. The molecule has 0 spiro atoms. The molecule has 0 fully saturated rings. The number of carbonyl (C=O) groups is 1. The highest BCUT2D eigenvalue weighted by Crippen LogP contribution is 2.32. The van der Waals surface area contributed by atoms with E-state index < -0.39 is 91.8 Å². The second-order valence-electron chi connectivity index (χ2n) is 10.8. The zero-order chi connectivity index (χ0) is 44.2. The fourth-order valence-corrected chi connectivity index (χ4v) is 6.00. The van der Waals surface area contributed by atoms with Crippen molar-refractivity contribution >= 4 is 17.7 Å². The van der Waals surface area contributed by atoms with Crippen molar-refractivity contribution in [2.24, 2.45) is 0 Å². The fraction of sp³-hybridized carbons (Fsp3) is 0.378. The number of likely N-dealkylation sites (N-methyl/N-ethyl adjacent to an activating group) is 1. The average Bonchev–Trinajstić information content (AvgIpc) is 3.61. The Hall–Kier alpha value is -3.96. The lowest BCUT2D eigenvalue weighted by Gasteiger charge is -2.28. The smallest absolute Gasteiger partial charge is 0.336 e. The van der Waals surface area contributed by atoms with E-state index in [1.807, 2.05) is 0 Å². The molecule has 0 unspecified atom stereocenters. The van der Waals surface area contributed by atoms with Gasteiger partial charge in [-0.3, -0.25) is 9.59 Å². The number of hydrogen-bond donors (Lipinski definition) is 0. The molecule has 0 bridgehead atoms. The SMILES string of the molecule is [2H]c1c([2H])c(C([2H])([2H])N(CCN(C([2H])([2H])C)C([2H])([2H])C)C(=O)C([2H])([2H])n2c(SCc3ccc(F)cc3)nc(=O)c3c2CCC3)c(C)c([2H])c1-c1ccc(C(F)(F)F)cc1. The number of nitrogens with zero attached hydrogens (tertiary/aromatic N) is 4. The molecule has 1 aliphatic rings. The zero-order valence-corrected chi connectivity index (χ0v) is 27.2. The van der Waals surface area contributed by atoms with Crippen molar-refractivity contribution in [2.45, 2.75) is 70.1 Å². The van der Waals surface area contributed by atoms with Gasteiger partial charge in [0.15, 0.2) is 5.16 Å². The van der Waals surface area contributed by atoms with Crippen LogP contribution < -0.4 is 5.56 Å². The Morgan fingerprint density at radius 2 is 1.73 bits per heavy atom. The first-order chi connectivity index (χ1) is 27.1. The summed E-state index contributed by atoms with van der Waals surface area (Å²) in [4.78, 5) is 33.2. The van der Waals surface area contributed by atoms with E-state index >= 15 is 0 Å². The average molecular weight is 692 g/mol. The number of halogens is 4. The Morgan fingerprint density at radius 3 is 2.40 bits per heavy atom. The van der Waals surface area contributed by atoms with Gasteiger partial charge < -0.3 is 14.4 Å². The second kappa shape index (κ2) is 15.5. The van der Waals surface area contributed by atoms with E-state index in [-0.39, 0.29) is 51.7 Å². The van der Waals surface area contributed by atoms with Gasteiger partial charge in [0.2, 0.25) is 5.91 Å². The van der Waals surface area contributed by atoms with Gasteiger partial charge in [-0.05, 0) is 91.3 Å². The van der Waals surface area contributed by atoms with Gasteiger partial charge in [-0.2, -0.15) is 18.2 Å². The Labute approximate surface area is 298 Å². The minimum absolute atomic E-state index is 0.0394. The summed E-state index contributed by atoms with van der Waals surface area (Å²) in [6.07, 6.45) is -3.97. The quantitative estimate of drug-likeness (QED) is 0.0825. The number of benzene rings is 3. The largest absolute Gasteiger partial charge is 0.416 e. The number of hydrogen-bond acceptors (Lipinski definition) is 5. The maximum atomic E-state index is 14.9. The van der Waals surface area contributed by atoms with Gasteiger partial charge in [0.25, 0.3) is 5.56 Å². The molecule has 4 aromatic rings. The lowest BCUT2D eigenvalue weighted by molar-refractivity contribution is -0.137. The molecule has 1 aromatic heterocycles. The monoisotopic (exact) mass is 691 g/mol. The van der Waals surface area contributed by atoms with Gasteiger partial charge in [-0.1, -0.05) is 68.0 Å². The minimum Gasteiger partial charge on any atom is -0.336 e. The van der Waals surface area contributed by atoms with E-state index in [1.165, 1.54) is 31.2 Å². The molecule has 1 aliphatic carbocycles. The third-order valence-electron chi connectivity index (χ3n) is 7.67. The van der Waals surface area contributed by atoms with Crippen LogP contribution in [0.2, 0.25) is 0 Å². The van der Waals surface area contributed by atoms with E-state index in [4.69, 9.17) is 9.60 Å². The van der Waals surface area contributed by atoms with Gasteiger partial charge in [0.05, 0.1) is 15.2 Å². The van der Waals surface area contributed by atoms with Crippen LogP contribution in [0.3, 0.4) is 0 Å². The van der Waals surface area contributed by atoms with Crippen LogP contribution in [0.25, 0.3) is 11.1 Å². The van der Waals surface area contributed by atoms with E-state index in [2.05, 4.69) is 4.98 Å². The van der Waals surface area contributed by atoms with Gasteiger partial charge in [0.1, 0.15) is 12.3 Å². The molecule has 11 heteroatoms. The maximum absolute atomic E-state index is 14.9. The van der Waals surface area contributed by atoms with Crippen LogP contribution in [-0.2, 0) is 42.6 Å². The van der Waals surface area contributed by atoms with Crippen LogP contribution in [0.15, 0.2) is 76.6 Å². The van der Waals surface area contributed by atoms with Crippen LogP contribution >= 0.6 is 11.8 Å². The predicted octanol–water partition coefficient (Wildman–Crippen LogP) is 7.53. The van der Waals surface area contributed by atoms with Crippen molar-refractivity contribution in [3.05, 3.63) is 116 Å². The van der Waals surface area contributed by atoms with Crippen LogP contribution in [0.5, 0.6) is 0 Å². The summed E-state index contributed by atoms with van der Waals surface area (Å²) in [6.45, 7) is -9.79. The molecule has 0 saturated heterocycles. The Bertz CT molecular complexity index is 2260. The molecule has 0 aliphatic heterocycles. The summed E-state index contributed by atoms with van der Waals surface area (Å²) in [5.41, 5.74) is -2.30. The molecule has 254 valence electrons. The van der Waals surface area contributed by atoms with E-state index in [1.54, 1.807) is 0 Å². The predicted molar refractivity (Wildman–Crippen MR) is 181 cm³/mol. The van der Waals surface area contributed by atoms with Gasteiger partial charge in [0, 0.05) is 42.1 Å². The van der Waals surface area contributed by atoms with Crippen molar-refractivity contribution in [1.82, 2.24) is 19.4 Å². The summed E-state index contributed by atoms with van der Waals surface area (Å²) in [6, 6.07) is 6.54. The van der Waals surface area contributed by atoms with E-state index in [0.717, 1.165) is 54.4 Å². The highest BCUT2D eigenvalue weighted by atomic mass is 32.2. The molecule has 1 heterocycles. The summed E-state index contributed by atoms with van der Waals surface area (Å²) in [7, 11) is 0. The summed E-state index contributed by atoms with van der Waals surface area (Å²) in [5.74, 6) is -2.09. The van der Waals surface area contributed by atoms with Crippen LogP contribution in [0, 0.1) is 12.7 Å². The number of aromatic nitrogens is 2. The van der Waals surface area contributed by atoms with Gasteiger partial charge in [-0.15, -0.1) is 0 Å². The molecule has 48 heavy (non-hydrogen) atoms. The highest BCUT2D eigenvalue weighted by molar-refractivity contribution is 7.98. The third-order valence-corrected chi connectivity index (χ3v) is 8.68. The van der Waals surface area contributed by atoms with Crippen LogP contribution in [0.1, 0.15) is 68.9 Å². The van der Waals surface area contributed by atoms with Gasteiger partial charge >= 0.3 is 6.18 Å². The fourth-order valence-electron chi connectivity index (χ4n) is 5.08. The lowest BCUT2D eigenvalue weighted by Crippen LogP contribution is -2.40. The molecule has 0 N–H and O–H groups in total. The van der Waals surface area contributed by atoms with Crippen molar-refractivity contribution in [1.29, 1.82) is 0 Å². The number of amides is 1. The first kappa shape index (κ1) is 23.4. The molecular formula is C37H40F4N4O2S. The van der Waals surface area contributed by atoms with E-state index in [9.17, 15) is 32.6 Å².